The Balaban J connectivity index is 0.739. The van der Waals surface area contributed by atoms with Crippen molar-refractivity contribution in [2.45, 2.75) is 119 Å². The molecule has 0 unspecified atom stereocenters. The quantitative estimate of drug-likeness (QED) is 0.0624. The van der Waals surface area contributed by atoms with Gasteiger partial charge in [-0.3, -0.25) is 0 Å². The van der Waals surface area contributed by atoms with Crippen LogP contribution in [0.4, 0.5) is 34.1 Å². The number of para-hydroxylation sites is 4. The molecule has 12 aromatic carbocycles. The zero-order valence-electron chi connectivity index (χ0n) is 53.4. The summed E-state index contributed by atoms with van der Waals surface area (Å²) in [6.07, 6.45) is 18.4. The normalized spacial score (nSPS) is 14.8. The van der Waals surface area contributed by atoms with Gasteiger partial charge in [-0.15, -0.1) is 0 Å². The maximum atomic E-state index is 2.63. The molecule has 2 heteroatoms. The first-order valence-electron chi connectivity index (χ1n) is 34.8. The van der Waals surface area contributed by atoms with Crippen LogP contribution in [0.1, 0.15) is 144 Å². The Morgan fingerprint density at radius 2 is 0.505 bits per heavy atom. The van der Waals surface area contributed by atoms with Crippen LogP contribution in [0.25, 0.3) is 33.4 Å². The number of fused-ring (bicyclic) bond motifs is 11. The number of aryl methyl sites for hydroxylation is 4. The molecule has 0 aliphatic heterocycles. The van der Waals surface area contributed by atoms with Gasteiger partial charge in [0.15, 0.2) is 0 Å². The molecule has 0 saturated heterocycles. The van der Waals surface area contributed by atoms with E-state index in [4.69, 9.17) is 0 Å². The zero-order valence-corrected chi connectivity index (χ0v) is 53.4. The smallest absolute Gasteiger partial charge is 0.0465 e. The summed E-state index contributed by atoms with van der Waals surface area (Å²) < 4.78 is 0. The molecule has 0 bridgehead atoms. The molecule has 0 amide bonds. The van der Waals surface area contributed by atoms with E-state index in [1.165, 1.54) is 152 Å². The summed E-state index contributed by atoms with van der Waals surface area (Å²) in [4.78, 5) is 4.96. The van der Waals surface area contributed by atoms with Crippen LogP contribution < -0.4 is 9.80 Å². The Morgan fingerprint density at radius 1 is 0.215 bits per heavy atom. The van der Waals surface area contributed by atoms with Crippen LogP contribution in [0.5, 0.6) is 0 Å². The van der Waals surface area contributed by atoms with Crippen molar-refractivity contribution in [3.8, 4) is 33.4 Å². The van der Waals surface area contributed by atoms with Gasteiger partial charge in [-0.1, -0.05) is 270 Å². The van der Waals surface area contributed by atoms with E-state index in [9.17, 15) is 0 Å². The molecule has 0 saturated carbocycles. The summed E-state index contributed by atoms with van der Waals surface area (Å²) in [6, 6.07) is 112. The third-order valence-electron chi connectivity index (χ3n) is 22.6. The van der Waals surface area contributed by atoms with Crippen LogP contribution in [-0.2, 0) is 41.9 Å². The summed E-state index contributed by atoms with van der Waals surface area (Å²) in [5.41, 5.74) is 32.8. The van der Waals surface area contributed by atoms with Gasteiger partial charge in [0.05, 0.1) is 0 Å². The second kappa shape index (κ2) is 24.0. The van der Waals surface area contributed by atoms with Gasteiger partial charge < -0.3 is 9.80 Å². The summed E-state index contributed by atoms with van der Waals surface area (Å²) in [5, 5.41) is 0. The number of hydrogen-bond acceptors (Lipinski definition) is 2. The fraction of sp³-hybridized carbons (Fsp3) is 0.209. The van der Waals surface area contributed by atoms with E-state index in [2.05, 4.69) is 301 Å². The predicted octanol–water partition coefficient (Wildman–Crippen LogP) is 23.8. The van der Waals surface area contributed by atoms with E-state index in [1.807, 2.05) is 0 Å². The van der Waals surface area contributed by atoms with Crippen molar-refractivity contribution in [1.82, 2.24) is 0 Å². The molecule has 0 heterocycles. The van der Waals surface area contributed by atoms with Crippen LogP contribution >= 0.6 is 0 Å². The Bertz CT molecular complexity index is 4240. The van der Waals surface area contributed by atoms with Gasteiger partial charge in [0.2, 0.25) is 0 Å². The van der Waals surface area contributed by atoms with Crippen molar-refractivity contribution in [1.29, 1.82) is 0 Å². The molecule has 2 nitrogen and oxygen atoms in total. The lowest BCUT2D eigenvalue weighted by atomic mass is 9.67. The van der Waals surface area contributed by atoms with Gasteiger partial charge >= 0.3 is 0 Å². The van der Waals surface area contributed by atoms with E-state index in [0.29, 0.717) is 0 Å². The summed E-state index contributed by atoms with van der Waals surface area (Å²) in [7, 11) is 0. The van der Waals surface area contributed by atoms with Crippen molar-refractivity contribution in [3.05, 3.63) is 358 Å². The highest BCUT2D eigenvalue weighted by atomic mass is 15.1. The second-order valence-corrected chi connectivity index (χ2v) is 27.3. The Labute approximate surface area is 550 Å². The van der Waals surface area contributed by atoms with Crippen LogP contribution in [0.2, 0.25) is 0 Å². The minimum absolute atomic E-state index is 0.173. The molecule has 5 aliphatic rings. The minimum Gasteiger partial charge on any atom is -0.310 e. The third-order valence-corrected chi connectivity index (χ3v) is 22.6. The molecule has 0 atom stereocenters. The van der Waals surface area contributed by atoms with Crippen LogP contribution in [0.3, 0.4) is 0 Å². The molecule has 12 aromatic rings. The molecule has 0 aromatic heterocycles. The van der Waals surface area contributed by atoms with Crippen molar-refractivity contribution in [2.24, 2.45) is 0 Å². The van der Waals surface area contributed by atoms with Gasteiger partial charge in [0, 0.05) is 50.4 Å². The lowest BCUT2D eigenvalue weighted by Gasteiger charge is -2.36. The average molecular weight is 1200 g/mol. The highest BCUT2D eigenvalue weighted by molar-refractivity contribution is 5.90. The van der Waals surface area contributed by atoms with Gasteiger partial charge in [-0.05, 0) is 224 Å². The summed E-state index contributed by atoms with van der Waals surface area (Å²) in [5.74, 6) is 0. The van der Waals surface area contributed by atoms with Crippen molar-refractivity contribution >= 4 is 34.1 Å². The molecule has 17 rings (SSSR count). The first kappa shape index (κ1) is 57.2. The third kappa shape index (κ3) is 9.65. The molecular formula is C91H80N2. The molecular weight excluding hydrogens is 1120 g/mol. The Kier molecular flexibility index (Phi) is 14.8. The maximum absolute atomic E-state index is 2.63. The van der Waals surface area contributed by atoms with Crippen LogP contribution in [0, 0.1) is 0 Å². The van der Waals surface area contributed by atoms with E-state index < -0.39 is 0 Å². The van der Waals surface area contributed by atoms with E-state index >= 15 is 0 Å². The summed E-state index contributed by atoms with van der Waals surface area (Å²) in [6.45, 7) is 0. The number of unbranched alkanes of at least 4 members (excludes halogenated alkanes) is 6. The average Bonchev–Trinajstić information content (AvgIpc) is 1.59. The lowest BCUT2D eigenvalue weighted by molar-refractivity contribution is 0.393. The highest BCUT2D eigenvalue weighted by Gasteiger charge is 2.47. The van der Waals surface area contributed by atoms with Gasteiger partial charge in [-0.2, -0.15) is 0 Å². The summed E-state index contributed by atoms with van der Waals surface area (Å²) >= 11 is 0. The first-order chi connectivity index (χ1) is 46.1. The molecule has 5 aliphatic carbocycles. The van der Waals surface area contributed by atoms with Crippen LogP contribution in [-0.4, -0.2) is 0 Å². The standard InChI is InChI=1S/C91H80N2/c1(3-27-59-90(69-51-49-65-45-47-67(65)61-69)83-41-21-17-37-77(83)78-38-18-22-42-84(78)90)25-57-89(58-26-2-4-28-60-91(70-52-50-66-46-48-68(66)62-70)85-43-23-19-39-79(85)80-40-20-24-44-86(80)91)87-63-75(92(71-29-9-5-10-30-71)72-31-11-6-12-32-72)53-55-81(87)82-56-54-76(64-88(82)89)93(73-33-13-7-14-34-73)74-35-15-8-16-36-74/h5-24,29-44,49-56,61-64H,1-4,25-28,45-48,57-60H2. The molecule has 0 N–H and O–H groups in total. The SMILES string of the molecule is c1ccc(N(c2ccccc2)c2ccc3c(c2)C(CCCCCCC2(c4ccc5c(c4)CC5)c4ccccc4-c4ccccc42)(CCCCCCC2(c4ccc5c(c4)CC5)c4ccccc4-c4ccccc42)c2cc(N(c4ccccc4)c4ccccc4)ccc2-3)cc1. The van der Waals surface area contributed by atoms with Crippen molar-refractivity contribution in [3.63, 3.8) is 0 Å². The molecule has 0 spiro atoms. The Morgan fingerprint density at radius 3 is 0.817 bits per heavy atom. The fourth-order valence-electron chi connectivity index (χ4n) is 18.0. The van der Waals surface area contributed by atoms with E-state index in [1.54, 1.807) is 11.1 Å². The largest absolute Gasteiger partial charge is 0.310 e. The zero-order chi connectivity index (χ0) is 61.8. The van der Waals surface area contributed by atoms with Gasteiger partial charge in [0.1, 0.15) is 0 Å². The Hall–Kier alpha value is -9.76. The lowest BCUT2D eigenvalue weighted by Crippen LogP contribution is -2.28. The topological polar surface area (TPSA) is 6.48 Å². The molecule has 93 heavy (non-hydrogen) atoms. The van der Waals surface area contributed by atoms with Crippen molar-refractivity contribution in [2.75, 3.05) is 9.80 Å². The minimum atomic E-state index is -0.248. The highest BCUT2D eigenvalue weighted by Crippen LogP contribution is 2.60. The predicted molar refractivity (Wildman–Crippen MR) is 389 cm³/mol. The number of nitrogens with zero attached hydrogens (tertiary/aromatic N) is 2. The molecule has 0 radical (unpaired) electrons. The van der Waals surface area contributed by atoms with Crippen molar-refractivity contribution < 1.29 is 0 Å². The number of hydrogen-bond donors (Lipinski definition) is 0. The molecule has 0 fully saturated rings. The molecule has 454 valence electrons. The van der Waals surface area contributed by atoms with E-state index in [-0.39, 0.29) is 16.2 Å². The van der Waals surface area contributed by atoms with E-state index in [0.717, 1.165) is 74.1 Å². The number of anilines is 6. The maximum Gasteiger partial charge on any atom is 0.0465 e. The fourth-order valence-corrected chi connectivity index (χ4v) is 18.0. The van der Waals surface area contributed by atoms with Crippen LogP contribution in [0.15, 0.2) is 291 Å². The monoisotopic (exact) mass is 1200 g/mol. The number of rotatable bonds is 22. The van der Waals surface area contributed by atoms with Gasteiger partial charge in [-0.25, -0.2) is 0 Å². The van der Waals surface area contributed by atoms with Gasteiger partial charge in [0.25, 0.3) is 0 Å². The second-order valence-electron chi connectivity index (χ2n) is 27.3. The number of benzene rings is 12. The first-order valence-corrected chi connectivity index (χ1v) is 34.8.